The highest BCUT2D eigenvalue weighted by atomic mass is 15.2. The van der Waals surface area contributed by atoms with E-state index in [1.165, 1.54) is 37.9 Å². The van der Waals surface area contributed by atoms with Gasteiger partial charge in [0.1, 0.15) is 5.65 Å². The maximum absolute atomic E-state index is 8.36. The van der Waals surface area contributed by atoms with Crippen LogP contribution < -0.4 is 0 Å². The molecule has 21 heavy (non-hydrogen) atoms. The molecular weight excluding hydrogens is 264 g/mol. The first kappa shape index (κ1) is 12.7. The molecule has 0 N–H and O–H groups in total. The van der Waals surface area contributed by atoms with Crippen LogP contribution >= 0.6 is 0 Å². The van der Waals surface area contributed by atoms with Gasteiger partial charge in [-0.05, 0) is 35.4 Å². The Hall–Kier alpha value is -2.04. The van der Waals surface area contributed by atoms with Crippen molar-refractivity contribution in [3.63, 3.8) is 0 Å². The maximum Gasteiger partial charge on any atom is 0.136 e. The van der Waals surface area contributed by atoms with E-state index < -0.39 is 0 Å². The number of pyridine rings is 1. The largest absolute Gasteiger partial charge is 0.306 e. The molecule has 1 aliphatic heterocycles. The number of hydrogen-bond donors (Lipinski definition) is 0. The molecule has 2 aromatic heterocycles. The average molecular weight is 282 g/mol. The van der Waals surface area contributed by atoms with Crippen molar-refractivity contribution in [2.24, 2.45) is 10.5 Å². The maximum atomic E-state index is 8.36. The topological polar surface area (TPSA) is 69.3 Å². The molecule has 0 aromatic carbocycles. The van der Waals surface area contributed by atoms with Gasteiger partial charge in [-0.15, -0.1) is 0 Å². The summed E-state index contributed by atoms with van der Waals surface area (Å²) in [5.74, 6) is 0. The van der Waals surface area contributed by atoms with Crippen LogP contribution in [0.2, 0.25) is 0 Å². The molecule has 4 rings (SSSR count). The summed E-state index contributed by atoms with van der Waals surface area (Å²) in [6.45, 7) is 3.85. The molecule has 0 bridgehead atoms. The lowest BCUT2D eigenvalue weighted by molar-refractivity contribution is -0.0645. The number of imidazole rings is 1. The van der Waals surface area contributed by atoms with Crippen molar-refractivity contribution >= 4 is 5.65 Å². The van der Waals surface area contributed by atoms with Crippen LogP contribution in [0.4, 0.5) is 0 Å². The summed E-state index contributed by atoms with van der Waals surface area (Å²) in [5, 5.41) is 3.56. The van der Waals surface area contributed by atoms with Gasteiger partial charge in [-0.2, -0.15) is 0 Å². The van der Waals surface area contributed by atoms with Gasteiger partial charge in [0.15, 0.2) is 0 Å². The van der Waals surface area contributed by atoms with Gasteiger partial charge in [0.05, 0.1) is 12.2 Å². The van der Waals surface area contributed by atoms with Crippen LogP contribution in [0.15, 0.2) is 29.6 Å². The first-order chi connectivity index (χ1) is 10.3. The SMILES string of the molecule is [N-]=[N+]=NCc1cn2cc(CN3CC4(CCC4)C3)ccc2n1. The molecular formula is C15H18N6. The van der Waals surface area contributed by atoms with Crippen molar-refractivity contribution in [1.29, 1.82) is 0 Å². The summed E-state index contributed by atoms with van der Waals surface area (Å²) >= 11 is 0. The highest BCUT2D eigenvalue weighted by Gasteiger charge is 2.46. The van der Waals surface area contributed by atoms with Crippen LogP contribution in [0.25, 0.3) is 16.1 Å². The minimum Gasteiger partial charge on any atom is -0.306 e. The normalized spacial score (nSPS) is 20.0. The quantitative estimate of drug-likeness (QED) is 0.491. The first-order valence-corrected chi connectivity index (χ1v) is 7.46. The molecule has 6 heteroatoms. The fourth-order valence-corrected chi connectivity index (χ4v) is 3.63. The molecule has 1 saturated carbocycles. The van der Waals surface area contributed by atoms with Crippen LogP contribution in [0.1, 0.15) is 30.5 Å². The van der Waals surface area contributed by atoms with Crippen molar-refractivity contribution in [2.45, 2.75) is 32.4 Å². The monoisotopic (exact) mass is 282 g/mol. The average Bonchev–Trinajstić information content (AvgIpc) is 2.79. The third kappa shape index (κ3) is 2.26. The zero-order valence-electron chi connectivity index (χ0n) is 11.9. The zero-order valence-corrected chi connectivity index (χ0v) is 11.9. The third-order valence-corrected chi connectivity index (χ3v) is 4.80. The van der Waals surface area contributed by atoms with Gasteiger partial charge in [0.2, 0.25) is 0 Å². The molecule has 108 valence electrons. The molecule has 0 unspecified atom stereocenters. The Morgan fingerprint density at radius 2 is 2.14 bits per heavy atom. The van der Waals surface area contributed by atoms with Crippen LogP contribution in [0, 0.1) is 5.41 Å². The molecule has 0 atom stereocenters. The lowest BCUT2D eigenvalue weighted by Gasteiger charge is -2.56. The summed E-state index contributed by atoms with van der Waals surface area (Å²) < 4.78 is 2.02. The van der Waals surface area contributed by atoms with Crippen LogP contribution in [0.5, 0.6) is 0 Å². The van der Waals surface area contributed by atoms with Crippen LogP contribution in [-0.2, 0) is 13.1 Å². The van der Waals surface area contributed by atoms with Gasteiger partial charge in [-0.3, -0.25) is 4.90 Å². The van der Waals surface area contributed by atoms with Crippen molar-refractivity contribution in [3.8, 4) is 0 Å². The van der Waals surface area contributed by atoms with Crippen molar-refractivity contribution in [2.75, 3.05) is 13.1 Å². The van der Waals surface area contributed by atoms with Gasteiger partial charge in [-0.1, -0.05) is 17.6 Å². The van der Waals surface area contributed by atoms with Crippen molar-refractivity contribution < 1.29 is 0 Å². The van der Waals surface area contributed by atoms with Gasteiger partial charge in [-0.25, -0.2) is 4.98 Å². The fourth-order valence-electron chi connectivity index (χ4n) is 3.63. The first-order valence-electron chi connectivity index (χ1n) is 7.46. The van der Waals surface area contributed by atoms with Crippen molar-refractivity contribution in [3.05, 3.63) is 46.2 Å². The van der Waals surface area contributed by atoms with Crippen molar-refractivity contribution in [1.82, 2.24) is 14.3 Å². The molecule has 1 saturated heterocycles. The van der Waals surface area contributed by atoms with Gasteiger partial charge in [0, 0.05) is 36.9 Å². The van der Waals surface area contributed by atoms with E-state index in [4.69, 9.17) is 5.53 Å². The van der Waals surface area contributed by atoms with Crippen LogP contribution in [0.3, 0.4) is 0 Å². The standard InChI is InChI=1S/C15H18N6/c16-19-17-6-13-9-21-8-12(2-3-14(21)18-13)7-20-10-15(11-20)4-1-5-15/h2-3,8-9H,1,4-7,10-11H2. The number of fused-ring (bicyclic) bond motifs is 1. The van der Waals surface area contributed by atoms with Gasteiger partial charge in [0.25, 0.3) is 0 Å². The second kappa shape index (κ2) is 4.76. The fraction of sp³-hybridized carbons (Fsp3) is 0.533. The van der Waals surface area contributed by atoms with Gasteiger partial charge < -0.3 is 4.40 Å². The Morgan fingerprint density at radius 1 is 1.29 bits per heavy atom. The van der Waals surface area contributed by atoms with E-state index in [2.05, 4.69) is 32.2 Å². The lowest BCUT2D eigenvalue weighted by Crippen LogP contribution is -2.58. The minimum atomic E-state index is 0.308. The predicted octanol–water partition coefficient (Wildman–Crippen LogP) is 3.13. The van der Waals surface area contributed by atoms with E-state index >= 15 is 0 Å². The zero-order chi connectivity index (χ0) is 14.3. The Balaban J connectivity index is 1.47. The Bertz CT molecular complexity index is 715. The highest BCUT2D eigenvalue weighted by molar-refractivity contribution is 5.41. The minimum absolute atomic E-state index is 0.308. The lowest BCUT2D eigenvalue weighted by atomic mass is 9.63. The number of likely N-dealkylation sites (tertiary alicyclic amines) is 1. The Morgan fingerprint density at radius 3 is 2.86 bits per heavy atom. The number of aromatic nitrogens is 2. The molecule has 3 heterocycles. The molecule has 1 aliphatic carbocycles. The molecule has 0 amide bonds. The predicted molar refractivity (Wildman–Crippen MR) is 79.6 cm³/mol. The van der Waals surface area contributed by atoms with E-state index in [-0.39, 0.29) is 0 Å². The molecule has 1 spiro atoms. The third-order valence-electron chi connectivity index (χ3n) is 4.80. The number of nitrogens with zero attached hydrogens (tertiary/aromatic N) is 6. The van der Waals surface area contributed by atoms with Gasteiger partial charge >= 0.3 is 0 Å². The van der Waals surface area contributed by atoms with E-state index in [1.807, 2.05) is 16.7 Å². The van der Waals surface area contributed by atoms with E-state index in [9.17, 15) is 0 Å². The smallest absolute Gasteiger partial charge is 0.136 e. The van der Waals surface area contributed by atoms with Crippen LogP contribution in [-0.4, -0.2) is 27.4 Å². The second-order valence-corrected chi connectivity index (χ2v) is 6.42. The summed E-state index contributed by atoms with van der Waals surface area (Å²) in [5.41, 5.74) is 12.1. The number of rotatable bonds is 4. The molecule has 0 radical (unpaired) electrons. The highest BCUT2D eigenvalue weighted by Crippen LogP contribution is 2.48. The van der Waals surface area contributed by atoms with E-state index in [0.717, 1.165) is 17.9 Å². The van der Waals surface area contributed by atoms with E-state index in [0.29, 0.717) is 12.0 Å². The second-order valence-electron chi connectivity index (χ2n) is 6.42. The van der Waals surface area contributed by atoms with E-state index in [1.54, 1.807) is 0 Å². The Labute approximate surface area is 123 Å². The summed E-state index contributed by atoms with van der Waals surface area (Å²) in [6.07, 6.45) is 8.34. The molecule has 6 nitrogen and oxygen atoms in total. The summed E-state index contributed by atoms with van der Waals surface area (Å²) in [7, 11) is 0. The molecule has 2 aromatic rings. The molecule has 2 aliphatic rings. The summed E-state index contributed by atoms with van der Waals surface area (Å²) in [6, 6.07) is 4.18. The summed E-state index contributed by atoms with van der Waals surface area (Å²) in [4.78, 5) is 9.73. The number of hydrogen-bond acceptors (Lipinski definition) is 3. The number of azide groups is 1. The Kier molecular flexibility index (Phi) is 2.87. The molecule has 2 fully saturated rings.